The van der Waals surface area contributed by atoms with E-state index in [0.717, 1.165) is 45.1 Å². The smallest absolute Gasteiger partial charge is 0.186 e. The van der Waals surface area contributed by atoms with Gasteiger partial charge in [-0.2, -0.15) is 0 Å². The average molecular weight is 723 g/mol. The van der Waals surface area contributed by atoms with Gasteiger partial charge in [0.25, 0.3) is 0 Å². The van der Waals surface area contributed by atoms with Crippen LogP contribution in [0.1, 0.15) is 92.9 Å². The van der Waals surface area contributed by atoms with E-state index >= 15 is 0 Å². The van der Waals surface area contributed by atoms with E-state index in [1.54, 1.807) is 13.8 Å². The minimum Gasteiger partial charge on any atom is -0.388 e. The normalized spacial score (nSPS) is 59.8. The number of allylic oxidation sites excluding steroid dienone is 1. The minimum atomic E-state index is -1.45. The zero-order chi connectivity index (χ0) is 36.4. The van der Waals surface area contributed by atoms with E-state index in [2.05, 4.69) is 33.8 Å². The molecular formula is C39H62O12. The predicted octanol–water partition coefficient (Wildman–Crippen LogP) is 2.39. The van der Waals surface area contributed by atoms with Crippen LogP contribution < -0.4 is 0 Å². The highest BCUT2D eigenvalue weighted by atomic mass is 16.7. The van der Waals surface area contributed by atoms with Crippen LogP contribution in [0.4, 0.5) is 0 Å². The first-order valence-corrected chi connectivity index (χ1v) is 19.8. The summed E-state index contributed by atoms with van der Waals surface area (Å²) < 4.78 is 38.5. The zero-order valence-corrected chi connectivity index (χ0v) is 31.0. The van der Waals surface area contributed by atoms with Crippen LogP contribution in [0.25, 0.3) is 0 Å². The number of aliphatic hydroxyl groups excluding tert-OH is 6. The lowest BCUT2D eigenvalue weighted by molar-refractivity contribution is -0.329. The molecule has 4 aliphatic heterocycles. The number of hydrogen-bond donors (Lipinski definition) is 6. The Kier molecular flexibility index (Phi) is 9.62. The van der Waals surface area contributed by atoms with E-state index in [1.165, 1.54) is 5.57 Å². The largest absolute Gasteiger partial charge is 0.388 e. The van der Waals surface area contributed by atoms with Crippen LogP contribution in [-0.2, 0) is 28.4 Å². The molecule has 22 unspecified atom stereocenters. The van der Waals surface area contributed by atoms with Gasteiger partial charge in [-0.25, -0.2) is 0 Å². The Morgan fingerprint density at radius 2 is 1.39 bits per heavy atom. The van der Waals surface area contributed by atoms with Crippen LogP contribution in [-0.4, -0.2) is 123 Å². The highest BCUT2D eigenvalue weighted by Gasteiger charge is 2.69. The van der Waals surface area contributed by atoms with Crippen LogP contribution in [0.3, 0.4) is 0 Å². The van der Waals surface area contributed by atoms with Crippen molar-refractivity contribution in [3.05, 3.63) is 11.6 Å². The highest BCUT2D eigenvalue weighted by Crippen LogP contribution is 2.71. The Labute approximate surface area is 301 Å². The molecule has 8 rings (SSSR count). The van der Waals surface area contributed by atoms with Crippen LogP contribution in [0, 0.1) is 46.3 Å². The summed E-state index contributed by atoms with van der Waals surface area (Å²) in [7, 11) is 0. The second-order valence-electron chi connectivity index (χ2n) is 18.3. The lowest BCUT2D eigenvalue weighted by atomic mass is 9.46. The summed E-state index contributed by atoms with van der Waals surface area (Å²) in [5.74, 6) is 1.99. The van der Waals surface area contributed by atoms with Gasteiger partial charge in [-0.3, -0.25) is 0 Å². The van der Waals surface area contributed by atoms with E-state index < -0.39 is 84.8 Å². The molecule has 290 valence electrons. The van der Waals surface area contributed by atoms with E-state index in [9.17, 15) is 30.6 Å². The monoisotopic (exact) mass is 722 g/mol. The van der Waals surface area contributed by atoms with Crippen molar-refractivity contribution in [2.75, 3.05) is 6.61 Å². The topological polar surface area (TPSA) is 177 Å². The summed E-state index contributed by atoms with van der Waals surface area (Å²) in [4.78, 5) is 0. The Balaban J connectivity index is 1.08. The zero-order valence-electron chi connectivity index (χ0n) is 31.0. The molecule has 4 aliphatic carbocycles. The molecule has 12 nitrogen and oxygen atoms in total. The van der Waals surface area contributed by atoms with E-state index in [1.807, 2.05) is 0 Å². The second-order valence-corrected chi connectivity index (χ2v) is 18.3. The van der Waals surface area contributed by atoms with Gasteiger partial charge in [0.1, 0.15) is 36.6 Å². The molecule has 1 spiro atoms. The van der Waals surface area contributed by atoms with E-state index in [0.29, 0.717) is 42.4 Å². The van der Waals surface area contributed by atoms with E-state index in [4.69, 9.17) is 28.4 Å². The standard InChI is InChI=1S/C39H62O12/c1-17-9-12-39(46-16-17)18(2)28-26(51-39)15-25-23-8-7-21-13-22(49-35-33(44)31(42)29(40)19(3)47-35)14-27(38(21,6)24(23)10-11-37(25,28)5)50-36-34(45)32(43)30(41)20(4)48-36/h7,17-20,22-36,40-45H,8-16H2,1-6H3. The second kappa shape index (κ2) is 13.2. The molecule has 0 amide bonds. The fraction of sp³-hybridized carbons (Fsp3) is 0.949. The quantitative estimate of drug-likeness (QED) is 0.234. The van der Waals surface area contributed by atoms with Gasteiger partial charge in [0.2, 0.25) is 0 Å². The van der Waals surface area contributed by atoms with Crippen molar-refractivity contribution in [1.29, 1.82) is 0 Å². The molecule has 7 fully saturated rings. The van der Waals surface area contributed by atoms with Gasteiger partial charge in [0.05, 0.1) is 37.1 Å². The van der Waals surface area contributed by atoms with Gasteiger partial charge >= 0.3 is 0 Å². The highest BCUT2D eigenvalue weighted by molar-refractivity contribution is 5.29. The van der Waals surface area contributed by atoms with Crippen molar-refractivity contribution in [3.8, 4) is 0 Å². The van der Waals surface area contributed by atoms with Crippen LogP contribution in [0.2, 0.25) is 0 Å². The number of hydrogen-bond acceptors (Lipinski definition) is 12. The van der Waals surface area contributed by atoms with Gasteiger partial charge in [-0.1, -0.05) is 39.3 Å². The number of aliphatic hydroxyl groups is 6. The van der Waals surface area contributed by atoms with Crippen LogP contribution >= 0.6 is 0 Å². The molecule has 22 atom stereocenters. The van der Waals surface area contributed by atoms with Gasteiger partial charge in [-0.15, -0.1) is 0 Å². The molecule has 6 N–H and O–H groups in total. The van der Waals surface area contributed by atoms with Gasteiger partial charge in [0, 0.05) is 24.2 Å². The summed E-state index contributed by atoms with van der Waals surface area (Å²) in [5.41, 5.74) is 0.868. The van der Waals surface area contributed by atoms with E-state index in [-0.39, 0.29) is 17.4 Å². The van der Waals surface area contributed by atoms with Crippen molar-refractivity contribution in [2.45, 2.75) is 178 Å². The molecule has 0 radical (unpaired) electrons. The summed E-state index contributed by atoms with van der Waals surface area (Å²) in [5, 5.41) is 63.8. The average Bonchev–Trinajstić information content (AvgIpc) is 3.55. The van der Waals surface area contributed by atoms with Gasteiger partial charge in [-0.05, 0) is 87.4 Å². The fourth-order valence-corrected chi connectivity index (χ4v) is 12.6. The maximum atomic E-state index is 11.1. The third-order valence-electron chi connectivity index (χ3n) is 15.6. The van der Waals surface area contributed by atoms with Crippen molar-refractivity contribution in [2.24, 2.45) is 46.3 Å². The molecule has 0 aromatic rings. The number of ether oxygens (including phenoxy) is 6. The number of fused-ring (bicyclic) bond motifs is 7. The Morgan fingerprint density at radius 3 is 2.02 bits per heavy atom. The van der Waals surface area contributed by atoms with Crippen LogP contribution in [0.15, 0.2) is 11.6 Å². The first kappa shape index (κ1) is 37.2. The first-order valence-electron chi connectivity index (χ1n) is 19.8. The predicted molar refractivity (Wildman–Crippen MR) is 182 cm³/mol. The molecule has 3 saturated carbocycles. The Bertz CT molecular complexity index is 1320. The number of rotatable bonds is 4. The van der Waals surface area contributed by atoms with Crippen LogP contribution in [0.5, 0.6) is 0 Å². The summed E-state index contributed by atoms with van der Waals surface area (Å²) in [6, 6.07) is 0. The Hall–Kier alpha value is -0.740. The molecule has 12 heteroatoms. The third kappa shape index (κ3) is 5.67. The van der Waals surface area contributed by atoms with Gasteiger partial charge in [0.15, 0.2) is 18.4 Å². The van der Waals surface area contributed by atoms with Crippen molar-refractivity contribution < 1.29 is 59.1 Å². The van der Waals surface area contributed by atoms with Gasteiger partial charge < -0.3 is 59.1 Å². The summed E-state index contributed by atoms with van der Waals surface area (Å²) in [6.45, 7) is 13.4. The lowest BCUT2D eigenvalue weighted by Gasteiger charge is -2.61. The molecule has 51 heavy (non-hydrogen) atoms. The molecular weight excluding hydrogens is 660 g/mol. The minimum absolute atomic E-state index is 0.119. The van der Waals surface area contributed by atoms with Crippen molar-refractivity contribution in [3.63, 3.8) is 0 Å². The molecule has 0 bridgehead atoms. The molecule has 4 heterocycles. The molecule has 0 aromatic carbocycles. The third-order valence-corrected chi connectivity index (χ3v) is 15.6. The lowest BCUT2D eigenvalue weighted by Crippen LogP contribution is -2.62. The SMILES string of the molecule is CC1CCC2(OC1)OC1CC3C4CC=C5CC(OC6OC(C)C(O)C(O)C6O)CC(OC6OC(C)C(O)C(O)C6O)C5(C)C4CCC3(C)C1C2C. The van der Waals surface area contributed by atoms with Crippen molar-refractivity contribution >= 4 is 0 Å². The fourth-order valence-electron chi connectivity index (χ4n) is 12.6. The molecule has 0 aromatic heterocycles. The maximum absolute atomic E-state index is 11.1. The Morgan fingerprint density at radius 1 is 0.745 bits per heavy atom. The first-order chi connectivity index (χ1) is 24.1. The van der Waals surface area contributed by atoms with Crippen molar-refractivity contribution in [1.82, 2.24) is 0 Å². The molecule has 4 saturated heterocycles. The maximum Gasteiger partial charge on any atom is 0.186 e. The summed E-state index contributed by atoms with van der Waals surface area (Å²) in [6.07, 6.45) is -3.33. The molecule has 8 aliphatic rings. The summed E-state index contributed by atoms with van der Waals surface area (Å²) >= 11 is 0.